The van der Waals surface area contributed by atoms with Crippen LogP contribution >= 0.6 is 23.2 Å². The molecule has 2 aromatic rings. The zero-order valence-corrected chi connectivity index (χ0v) is 13.8. The highest BCUT2D eigenvalue weighted by molar-refractivity contribution is 6.31. The first-order chi connectivity index (χ1) is 11.6. The normalized spacial score (nSPS) is 10.9. The van der Waals surface area contributed by atoms with E-state index in [0.717, 1.165) is 0 Å². The Morgan fingerprint density at radius 2 is 1.21 bits per heavy atom. The van der Waals surface area contributed by atoms with Gasteiger partial charge in [-0.3, -0.25) is 9.59 Å². The lowest BCUT2D eigenvalue weighted by Gasteiger charge is -2.00. The molecule has 0 aliphatic rings. The molecule has 2 N–H and O–H groups in total. The lowest BCUT2D eigenvalue weighted by Crippen LogP contribution is -2.19. The van der Waals surface area contributed by atoms with Crippen LogP contribution in [0.15, 0.2) is 58.7 Å². The molecule has 122 valence electrons. The molecular weight excluding hydrogens is 351 g/mol. The molecule has 0 aliphatic carbocycles. The summed E-state index contributed by atoms with van der Waals surface area (Å²) in [7, 11) is 0. The van der Waals surface area contributed by atoms with E-state index in [2.05, 4.69) is 21.1 Å². The van der Waals surface area contributed by atoms with Crippen molar-refractivity contribution in [2.45, 2.75) is 0 Å². The van der Waals surface area contributed by atoms with Crippen LogP contribution in [-0.2, 0) is 0 Å². The molecule has 2 rings (SSSR count). The maximum Gasteiger partial charge on any atom is 0.271 e. The van der Waals surface area contributed by atoms with Crippen LogP contribution in [0.5, 0.6) is 0 Å². The number of carbonyl (C=O) groups is 2. The van der Waals surface area contributed by atoms with Gasteiger partial charge in [0.1, 0.15) is 0 Å². The Balaban J connectivity index is 1.80. The summed E-state index contributed by atoms with van der Waals surface area (Å²) in [5, 5.41) is 8.25. The van der Waals surface area contributed by atoms with Gasteiger partial charge in [-0.1, -0.05) is 35.3 Å². The standard InChI is InChI=1S/C16H12Cl2N4O2/c17-13-5-1-3-11(9-13)15(23)21-19-7-8-20-22-16(24)12-4-2-6-14(18)10-12/h1-10H,(H,21,23)(H,22,24)/b19-7-,20-8+. The first-order valence-corrected chi connectivity index (χ1v) is 7.48. The summed E-state index contributed by atoms with van der Waals surface area (Å²) in [5.74, 6) is -0.824. The summed E-state index contributed by atoms with van der Waals surface area (Å²) in [6.07, 6.45) is 2.45. The van der Waals surface area contributed by atoms with E-state index in [1.54, 1.807) is 36.4 Å². The summed E-state index contributed by atoms with van der Waals surface area (Å²) in [6.45, 7) is 0. The first-order valence-electron chi connectivity index (χ1n) is 6.73. The third-order valence-electron chi connectivity index (χ3n) is 2.72. The number of halogens is 2. The number of amides is 2. The largest absolute Gasteiger partial charge is 0.271 e. The molecule has 0 fully saturated rings. The average molecular weight is 363 g/mol. The van der Waals surface area contributed by atoms with Gasteiger partial charge in [-0.15, -0.1) is 0 Å². The van der Waals surface area contributed by atoms with Gasteiger partial charge in [-0.05, 0) is 36.4 Å². The number of hydrazone groups is 2. The lowest BCUT2D eigenvalue weighted by atomic mass is 10.2. The molecule has 0 spiro atoms. The minimum absolute atomic E-state index is 0.380. The van der Waals surface area contributed by atoms with Crippen molar-refractivity contribution in [2.24, 2.45) is 10.2 Å². The maximum atomic E-state index is 11.7. The average Bonchev–Trinajstić information content (AvgIpc) is 2.57. The molecule has 0 bridgehead atoms. The zero-order chi connectivity index (χ0) is 17.4. The molecule has 0 atom stereocenters. The summed E-state index contributed by atoms with van der Waals surface area (Å²) in [5.41, 5.74) is 5.37. The van der Waals surface area contributed by atoms with Crippen LogP contribution in [0, 0.1) is 0 Å². The Hall–Kier alpha value is -2.70. The Kier molecular flexibility index (Phi) is 6.48. The van der Waals surface area contributed by atoms with Gasteiger partial charge in [-0.25, -0.2) is 10.9 Å². The molecule has 8 heteroatoms. The van der Waals surface area contributed by atoms with E-state index in [-0.39, 0.29) is 0 Å². The van der Waals surface area contributed by atoms with Crippen molar-refractivity contribution in [3.63, 3.8) is 0 Å². The number of benzene rings is 2. The molecule has 2 amide bonds. The van der Waals surface area contributed by atoms with E-state index in [1.807, 2.05) is 0 Å². The molecule has 0 saturated carbocycles. The summed E-state index contributed by atoms with van der Waals surface area (Å²) in [6, 6.07) is 12.9. The third-order valence-corrected chi connectivity index (χ3v) is 3.19. The van der Waals surface area contributed by atoms with E-state index in [9.17, 15) is 9.59 Å². The van der Waals surface area contributed by atoms with Gasteiger partial charge in [0.2, 0.25) is 0 Å². The van der Waals surface area contributed by atoms with Crippen LogP contribution in [0.1, 0.15) is 20.7 Å². The van der Waals surface area contributed by atoms with Gasteiger partial charge in [0, 0.05) is 21.2 Å². The highest BCUT2D eigenvalue weighted by atomic mass is 35.5. The molecular formula is C16H12Cl2N4O2. The first kappa shape index (κ1) is 17.7. The van der Waals surface area contributed by atoms with Gasteiger partial charge in [0.15, 0.2) is 0 Å². The zero-order valence-electron chi connectivity index (χ0n) is 12.2. The van der Waals surface area contributed by atoms with Crippen LogP contribution in [0.2, 0.25) is 10.0 Å². The van der Waals surface area contributed by atoms with Gasteiger partial charge in [-0.2, -0.15) is 10.2 Å². The Labute approximate surface area is 148 Å². The Bertz CT molecular complexity index is 739. The Morgan fingerprint density at radius 3 is 1.58 bits per heavy atom. The predicted octanol–water partition coefficient (Wildman–Crippen LogP) is 3.12. The van der Waals surface area contributed by atoms with Crippen molar-refractivity contribution in [2.75, 3.05) is 0 Å². The van der Waals surface area contributed by atoms with Crippen molar-refractivity contribution in [1.82, 2.24) is 10.9 Å². The summed E-state index contributed by atoms with van der Waals surface area (Å²) in [4.78, 5) is 23.5. The molecule has 0 radical (unpaired) electrons. The Morgan fingerprint density at radius 1 is 0.792 bits per heavy atom. The second kappa shape index (κ2) is 8.81. The van der Waals surface area contributed by atoms with Crippen LogP contribution in [-0.4, -0.2) is 24.2 Å². The van der Waals surface area contributed by atoms with E-state index in [1.165, 1.54) is 24.6 Å². The van der Waals surface area contributed by atoms with Crippen LogP contribution < -0.4 is 10.9 Å². The quantitative estimate of drug-likeness (QED) is 0.632. The number of nitrogens with one attached hydrogen (secondary N) is 2. The molecule has 6 nitrogen and oxygen atoms in total. The number of hydrogen-bond donors (Lipinski definition) is 2. The molecule has 2 aromatic carbocycles. The number of carbonyl (C=O) groups excluding carboxylic acids is 2. The van der Waals surface area contributed by atoms with Crippen LogP contribution in [0.25, 0.3) is 0 Å². The second-order valence-corrected chi connectivity index (χ2v) is 5.33. The summed E-state index contributed by atoms with van der Waals surface area (Å²) >= 11 is 11.6. The van der Waals surface area contributed by atoms with Gasteiger partial charge in [0.25, 0.3) is 11.8 Å². The van der Waals surface area contributed by atoms with Crippen molar-refractivity contribution in [3.8, 4) is 0 Å². The van der Waals surface area contributed by atoms with Gasteiger partial charge in [0.05, 0.1) is 12.4 Å². The molecule has 0 unspecified atom stereocenters. The minimum atomic E-state index is -0.412. The molecule has 0 saturated heterocycles. The third kappa shape index (κ3) is 5.49. The molecule has 0 heterocycles. The van der Waals surface area contributed by atoms with Gasteiger partial charge < -0.3 is 0 Å². The topological polar surface area (TPSA) is 82.9 Å². The van der Waals surface area contributed by atoms with Crippen molar-refractivity contribution in [3.05, 3.63) is 69.7 Å². The number of rotatable bonds is 5. The smallest absolute Gasteiger partial charge is 0.267 e. The van der Waals surface area contributed by atoms with Gasteiger partial charge >= 0.3 is 0 Å². The van der Waals surface area contributed by atoms with Crippen LogP contribution in [0.4, 0.5) is 0 Å². The van der Waals surface area contributed by atoms with E-state index < -0.39 is 11.8 Å². The highest BCUT2D eigenvalue weighted by Crippen LogP contribution is 2.11. The number of hydrogen-bond acceptors (Lipinski definition) is 4. The van der Waals surface area contributed by atoms with E-state index in [0.29, 0.717) is 21.2 Å². The van der Waals surface area contributed by atoms with E-state index >= 15 is 0 Å². The van der Waals surface area contributed by atoms with Crippen molar-refractivity contribution < 1.29 is 9.59 Å². The fraction of sp³-hybridized carbons (Fsp3) is 0. The van der Waals surface area contributed by atoms with Crippen LogP contribution in [0.3, 0.4) is 0 Å². The lowest BCUT2D eigenvalue weighted by molar-refractivity contribution is 0.0946. The predicted molar refractivity (Wildman–Crippen MR) is 94.8 cm³/mol. The minimum Gasteiger partial charge on any atom is -0.267 e. The highest BCUT2D eigenvalue weighted by Gasteiger charge is 2.04. The SMILES string of the molecule is O=C(N/N=C\C=N\NC(=O)c1cccc(Cl)c1)c1cccc(Cl)c1. The molecule has 24 heavy (non-hydrogen) atoms. The fourth-order valence-electron chi connectivity index (χ4n) is 1.65. The monoisotopic (exact) mass is 362 g/mol. The second-order valence-electron chi connectivity index (χ2n) is 4.46. The van der Waals surface area contributed by atoms with Crippen molar-refractivity contribution >= 4 is 47.4 Å². The number of nitrogens with zero attached hydrogens (tertiary/aromatic N) is 2. The summed E-state index contributed by atoms with van der Waals surface area (Å²) < 4.78 is 0. The maximum absolute atomic E-state index is 11.7. The fourth-order valence-corrected chi connectivity index (χ4v) is 2.03. The van der Waals surface area contributed by atoms with Crippen molar-refractivity contribution in [1.29, 1.82) is 0 Å². The molecule has 0 aromatic heterocycles. The molecule has 0 aliphatic heterocycles. The van der Waals surface area contributed by atoms with E-state index in [4.69, 9.17) is 23.2 Å².